The fraction of sp³-hybridized carbons (Fsp3) is 0. The zero-order valence-corrected chi connectivity index (χ0v) is 17.8. The Morgan fingerprint density at radius 2 is 0.455 bits per heavy atom. The second kappa shape index (κ2) is 105. The number of hydrogen-bond acceptors (Lipinski definition) is 0. The predicted molar refractivity (Wildman–Crippen MR) is 53.0 cm³/mol. The van der Waals surface area contributed by atoms with Crippen LogP contribution in [0, 0.1) is 0 Å². The minimum Gasteiger partial charge on any atom is -1.00 e. The average Bonchev–Trinajstić information content (AvgIpc) is 0. The molecule has 0 aliphatic carbocycles. The van der Waals surface area contributed by atoms with E-state index in [1.165, 1.54) is 0 Å². The maximum Gasteiger partial charge on any atom is 1.00 e. The fourth-order valence-electron chi connectivity index (χ4n) is 0. The molecule has 0 saturated heterocycles. The van der Waals surface area contributed by atoms with Crippen molar-refractivity contribution in [2.45, 2.75) is 0 Å². The molecule has 0 rings (SSSR count). The summed E-state index contributed by atoms with van der Waals surface area (Å²) in [6, 6.07) is 0. The van der Waals surface area contributed by atoms with Crippen molar-refractivity contribution in [2.24, 2.45) is 0 Å². The number of rotatable bonds is 0. The molecular formula is H9Cl7KLiTi2. The molecule has 0 bridgehead atoms. The van der Waals surface area contributed by atoms with Gasteiger partial charge in [-0.1, -0.05) is 0 Å². The predicted octanol–water partition coefficient (Wildman–Crippen LogP) is -2.82. The summed E-state index contributed by atoms with van der Waals surface area (Å²) in [6.45, 7) is 0. The Bertz CT molecular complexity index is 24.5. The molecular weight excluding hydrogens is 390 g/mol. The topological polar surface area (TPSA) is 0 Å². The Balaban J connectivity index is 0. The van der Waals surface area contributed by atoms with Crippen molar-refractivity contribution >= 4 is 86.8 Å². The Hall–Kier alpha value is 5.69. The number of hydrogen-bond donors (Lipinski definition) is 0. The van der Waals surface area contributed by atoms with Crippen LogP contribution in [-0.4, -0.2) is 0 Å². The van der Waals surface area contributed by atoms with E-state index in [0.29, 0.717) is 0 Å². The van der Waals surface area contributed by atoms with Crippen molar-refractivity contribution in [1.82, 2.24) is 0 Å². The van der Waals surface area contributed by atoms with E-state index in [0.717, 1.165) is 0 Å². The Morgan fingerprint density at radius 3 is 0.455 bits per heavy atom. The molecule has 0 aromatic heterocycles. The van der Waals surface area contributed by atoms with Crippen molar-refractivity contribution in [3.63, 3.8) is 0 Å². The first-order valence-electron chi connectivity index (χ1n) is 0. The summed E-state index contributed by atoms with van der Waals surface area (Å²) in [4.78, 5) is 0. The SMILES string of the molecule is Cl.Cl.Cl.Cl.Cl.Cl.Cl.[H-].[H-].[K+].[Li+].[Ti].[Ti]. The van der Waals surface area contributed by atoms with Gasteiger partial charge in [0, 0.05) is 43.4 Å². The van der Waals surface area contributed by atoms with Gasteiger partial charge in [0.2, 0.25) is 0 Å². The summed E-state index contributed by atoms with van der Waals surface area (Å²) in [5.74, 6) is 0. The first-order valence-corrected chi connectivity index (χ1v) is 0. The van der Waals surface area contributed by atoms with E-state index in [4.69, 9.17) is 0 Å². The van der Waals surface area contributed by atoms with Gasteiger partial charge in [-0.2, -0.15) is 0 Å². The summed E-state index contributed by atoms with van der Waals surface area (Å²) >= 11 is 0. The van der Waals surface area contributed by atoms with E-state index < -0.39 is 0 Å². The monoisotopic (exact) mass is 396 g/mol. The van der Waals surface area contributed by atoms with Crippen LogP contribution in [0.25, 0.3) is 0 Å². The Kier molecular flexibility index (Phi) is 1210. The van der Waals surface area contributed by atoms with Crippen LogP contribution in [-0.2, 0) is 43.4 Å². The van der Waals surface area contributed by atoms with Gasteiger partial charge in [0.1, 0.15) is 0 Å². The van der Waals surface area contributed by atoms with Crippen molar-refractivity contribution in [1.29, 1.82) is 0 Å². The summed E-state index contributed by atoms with van der Waals surface area (Å²) in [6.07, 6.45) is 0. The van der Waals surface area contributed by atoms with Crippen molar-refractivity contribution in [3.8, 4) is 0 Å². The van der Waals surface area contributed by atoms with Gasteiger partial charge in [0.25, 0.3) is 0 Å². The first-order chi connectivity index (χ1) is 0. The smallest absolute Gasteiger partial charge is 1.00 e. The molecule has 0 heterocycles. The molecule has 0 atom stereocenters. The van der Waals surface area contributed by atoms with Crippen LogP contribution >= 0.6 is 86.8 Å². The molecule has 11 heavy (non-hydrogen) atoms. The molecule has 0 aliphatic heterocycles. The molecule has 0 radical (unpaired) electrons. The maximum absolute atomic E-state index is 0. The normalized spacial score (nSPS) is 0. The van der Waals surface area contributed by atoms with Gasteiger partial charge < -0.3 is 2.85 Å². The molecule has 0 saturated carbocycles. The third kappa shape index (κ3) is 90.8. The second-order valence-corrected chi connectivity index (χ2v) is 0. The van der Waals surface area contributed by atoms with Gasteiger partial charge in [-0.05, 0) is 0 Å². The quantitative estimate of drug-likeness (QED) is 0.386. The van der Waals surface area contributed by atoms with Crippen molar-refractivity contribution in [2.75, 3.05) is 0 Å². The van der Waals surface area contributed by atoms with E-state index in [-0.39, 0.29) is 203 Å². The Morgan fingerprint density at radius 1 is 0.455 bits per heavy atom. The maximum atomic E-state index is 0. The first kappa shape index (κ1) is 127. The molecule has 0 aromatic carbocycles. The van der Waals surface area contributed by atoms with Crippen LogP contribution in [0.3, 0.4) is 0 Å². The average molecular weight is 399 g/mol. The zero-order chi connectivity index (χ0) is 0. The van der Waals surface area contributed by atoms with E-state index in [9.17, 15) is 0 Å². The van der Waals surface area contributed by atoms with Gasteiger partial charge in [0.05, 0.1) is 0 Å². The third-order valence-electron chi connectivity index (χ3n) is 0. The van der Waals surface area contributed by atoms with Gasteiger partial charge in [0.15, 0.2) is 0 Å². The fourth-order valence-corrected chi connectivity index (χ4v) is 0. The molecule has 11 heteroatoms. The summed E-state index contributed by atoms with van der Waals surface area (Å²) in [5.41, 5.74) is 0. The minimum absolute atomic E-state index is 0. The van der Waals surface area contributed by atoms with Crippen molar-refractivity contribution < 1.29 is 117 Å². The van der Waals surface area contributed by atoms with Gasteiger partial charge in [-0.25, -0.2) is 0 Å². The van der Waals surface area contributed by atoms with Crippen LogP contribution in [0.5, 0.6) is 0 Å². The van der Waals surface area contributed by atoms with E-state index in [1.807, 2.05) is 0 Å². The Labute approximate surface area is 199 Å². The van der Waals surface area contributed by atoms with E-state index in [1.54, 1.807) is 0 Å². The molecule has 0 nitrogen and oxygen atoms in total. The molecule has 0 N–H and O–H groups in total. The molecule has 0 fully saturated rings. The van der Waals surface area contributed by atoms with Gasteiger partial charge >= 0.3 is 70.2 Å². The van der Waals surface area contributed by atoms with Gasteiger partial charge in [-0.3, -0.25) is 0 Å². The molecule has 0 spiro atoms. The van der Waals surface area contributed by atoms with Gasteiger partial charge in [-0.15, -0.1) is 86.8 Å². The minimum atomic E-state index is 0. The van der Waals surface area contributed by atoms with Crippen LogP contribution in [0.1, 0.15) is 2.85 Å². The number of halogens is 7. The molecule has 0 amide bonds. The summed E-state index contributed by atoms with van der Waals surface area (Å²) < 4.78 is 0. The van der Waals surface area contributed by atoms with Crippen molar-refractivity contribution in [3.05, 3.63) is 0 Å². The van der Waals surface area contributed by atoms with Crippen LogP contribution < -0.4 is 70.2 Å². The van der Waals surface area contributed by atoms with Crippen LogP contribution in [0.4, 0.5) is 0 Å². The molecule has 0 aliphatic rings. The second-order valence-electron chi connectivity index (χ2n) is 0. The summed E-state index contributed by atoms with van der Waals surface area (Å²) in [7, 11) is 0. The van der Waals surface area contributed by atoms with E-state index in [2.05, 4.69) is 0 Å². The summed E-state index contributed by atoms with van der Waals surface area (Å²) in [5, 5.41) is 0. The molecule has 0 unspecified atom stereocenters. The van der Waals surface area contributed by atoms with Crippen LogP contribution in [0.15, 0.2) is 0 Å². The van der Waals surface area contributed by atoms with Crippen LogP contribution in [0.2, 0.25) is 0 Å². The molecule has 68 valence electrons. The largest absolute Gasteiger partial charge is 1.00 e. The third-order valence-corrected chi connectivity index (χ3v) is 0. The standard InChI is InChI=1S/7ClH.K.Li.2Ti.2H/h7*1H;;;;;;/q;;;;;;;2*+1;;;2*-1. The zero-order valence-electron chi connectivity index (χ0n) is 7.86. The van der Waals surface area contributed by atoms with E-state index >= 15 is 0 Å². The molecule has 0 aromatic rings.